The van der Waals surface area contributed by atoms with Gasteiger partial charge in [-0.2, -0.15) is 0 Å². The third-order valence-electron chi connectivity index (χ3n) is 19.3. The summed E-state index contributed by atoms with van der Waals surface area (Å²) in [6.07, 6.45) is -5.57. The predicted molar refractivity (Wildman–Crippen MR) is 447 cm³/mol. The SMILES string of the molecule is CC(C)C[C@H](NC(=O)[C@H](CCC(=O)O)NC(=O)[C@H](Cc1ccc(O)cc1)NC(=O)[C@H](CC(=O)O)NC(=O)[C@@H](NC(=O)[C@H](Cc1ccc(O)cc1)NC(=O)[C@H](CC(N)=O)NC(=O)CNC(=O)[C@H](Cc1ccc(O)cc1)NC(=O)[C@H](CCC(=O)O)NC(=O)[C@H](CC(C)C)NC(=O)[C@@H](N)Cc1c[nH]cn1)C(C)C)C(=O)N[C@@H](CC(=O)O)C(=O)N[C@@H](Cc1ccc(O)cc1)C(=O)O. The first-order valence-electron chi connectivity index (χ1n) is 40.4. The molecule has 5 rings (SSSR count). The number of nitrogens with two attached hydrogens (primary N) is 2. The van der Waals surface area contributed by atoms with Gasteiger partial charge in [0.1, 0.15) is 95.5 Å². The summed E-state index contributed by atoms with van der Waals surface area (Å²) in [6.45, 7) is 8.34. The van der Waals surface area contributed by atoms with E-state index in [1.54, 1.807) is 27.7 Å². The smallest absolute Gasteiger partial charge is 0.326 e. The molecule has 0 aliphatic carbocycles. The Morgan fingerprint density at radius 2 is 0.648 bits per heavy atom. The first kappa shape index (κ1) is 104. The zero-order valence-electron chi connectivity index (χ0n) is 70.6. The zero-order valence-corrected chi connectivity index (χ0v) is 70.6. The molecule has 694 valence electrons. The molecule has 0 aliphatic heterocycles. The van der Waals surface area contributed by atoms with Gasteiger partial charge in [-0.3, -0.25) is 86.3 Å². The van der Waals surface area contributed by atoms with E-state index in [0.29, 0.717) is 16.8 Å². The average Bonchev–Trinajstić information content (AvgIpc) is 0.976. The van der Waals surface area contributed by atoms with E-state index < -0.39 is 274 Å². The van der Waals surface area contributed by atoms with Crippen LogP contribution in [0.5, 0.6) is 23.0 Å². The van der Waals surface area contributed by atoms with Crippen LogP contribution in [-0.2, 0) is 123 Å². The first-order valence-corrected chi connectivity index (χ1v) is 40.4. The number of phenols is 4. The van der Waals surface area contributed by atoms with Crippen LogP contribution >= 0.6 is 0 Å². The molecular formula is C83H109N17O28. The minimum Gasteiger partial charge on any atom is -0.508 e. The molecule has 5 aromatic rings. The molecule has 27 N–H and O–H groups in total. The molecule has 45 heteroatoms. The molecule has 1 aromatic heterocycles. The molecule has 0 aliphatic rings. The Labute approximate surface area is 732 Å². The van der Waals surface area contributed by atoms with E-state index in [2.05, 4.69) is 79.1 Å². The van der Waals surface area contributed by atoms with Gasteiger partial charge >= 0.3 is 29.8 Å². The van der Waals surface area contributed by atoms with E-state index in [9.17, 15) is 137 Å². The molecule has 0 bridgehead atoms. The normalized spacial score (nSPS) is 14.1. The Morgan fingerprint density at radius 3 is 0.992 bits per heavy atom. The van der Waals surface area contributed by atoms with Gasteiger partial charge in [0.25, 0.3) is 0 Å². The Balaban J connectivity index is 1.38. The number of aromatic amines is 1. The van der Waals surface area contributed by atoms with E-state index in [0.717, 1.165) is 0 Å². The molecule has 0 saturated heterocycles. The minimum atomic E-state index is -2.18. The van der Waals surface area contributed by atoms with Gasteiger partial charge in [-0.1, -0.05) is 90.1 Å². The monoisotopic (exact) mass is 1790 g/mol. The maximum absolute atomic E-state index is 14.8. The highest BCUT2D eigenvalue weighted by molar-refractivity contribution is 6.01. The van der Waals surface area contributed by atoms with Crippen molar-refractivity contribution in [3.63, 3.8) is 0 Å². The highest BCUT2D eigenvalue weighted by Gasteiger charge is 2.40. The number of primary amides is 1. The van der Waals surface area contributed by atoms with Crippen LogP contribution in [0, 0.1) is 17.8 Å². The number of carbonyl (C=O) groups is 19. The number of hydrogen-bond acceptors (Lipinski definition) is 25. The molecule has 4 aromatic carbocycles. The van der Waals surface area contributed by atoms with Crippen LogP contribution in [0.3, 0.4) is 0 Å². The van der Waals surface area contributed by atoms with Crippen molar-refractivity contribution in [3.05, 3.63) is 138 Å². The molecule has 0 radical (unpaired) electrons. The number of nitrogens with one attached hydrogen (secondary N) is 14. The summed E-state index contributed by atoms with van der Waals surface area (Å²) in [6, 6.07) is -2.65. The number of rotatable bonds is 54. The number of nitrogens with zero attached hydrogens (tertiary/aromatic N) is 1. The number of carboxylic acids is 5. The number of phenolic OH excluding ortho intramolecular Hbond substituents is 4. The van der Waals surface area contributed by atoms with Crippen molar-refractivity contribution >= 4 is 113 Å². The van der Waals surface area contributed by atoms with Crippen molar-refractivity contribution in [1.29, 1.82) is 0 Å². The van der Waals surface area contributed by atoms with Gasteiger partial charge in [-0.15, -0.1) is 0 Å². The second-order valence-corrected chi connectivity index (χ2v) is 31.4. The van der Waals surface area contributed by atoms with Crippen LogP contribution in [0.25, 0.3) is 0 Å². The Hall–Kier alpha value is -14.8. The quantitative estimate of drug-likeness (QED) is 0.0179. The second-order valence-electron chi connectivity index (χ2n) is 31.4. The van der Waals surface area contributed by atoms with Gasteiger partial charge < -0.3 is 132 Å². The number of carbonyl (C=O) groups excluding carboxylic acids is 14. The molecule has 128 heavy (non-hydrogen) atoms. The summed E-state index contributed by atoms with van der Waals surface area (Å²) in [5.74, 6) is -27.2. The van der Waals surface area contributed by atoms with Crippen LogP contribution < -0.4 is 80.6 Å². The Kier molecular flexibility index (Phi) is 41.2. The molecular weight excluding hydrogens is 1680 g/mol. The van der Waals surface area contributed by atoms with Crippen LogP contribution in [0.1, 0.15) is 127 Å². The number of hydrogen-bond donors (Lipinski definition) is 25. The third-order valence-corrected chi connectivity index (χ3v) is 19.3. The minimum absolute atomic E-state index is 0.00281. The summed E-state index contributed by atoms with van der Waals surface area (Å²) in [5, 5.41) is 120. The number of aromatic hydroxyl groups is 4. The molecule has 13 atom stereocenters. The number of aromatic nitrogens is 2. The third kappa shape index (κ3) is 36.9. The van der Waals surface area contributed by atoms with Crippen LogP contribution in [0.4, 0.5) is 0 Å². The van der Waals surface area contributed by atoms with Gasteiger partial charge in [0.2, 0.25) is 82.7 Å². The number of aliphatic carboxylic acids is 5. The van der Waals surface area contributed by atoms with Gasteiger partial charge in [-0.05, 0) is 114 Å². The Bertz CT molecular complexity index is 4730. The average molecular weight is 1790 g/mol. The molecule has 0 unspecified atom stereocenters. The molecule has 0 fully saturated rings. The highest BCUT2D eigenvalue weighted by Crippen LogP contribution is 2.20. The largest absolute Gasteiger partial charge is 0.508 e. The van der Waals surface area contributed by atoms with Gasteiger partial charge in [0.15, 0.2) is 0 Å². The van der Waals surface area contributed by atoms with E-state index >= 15 is 0 Å². The van der Waals surface area contributed by atoms with E-state index in [1.807, 2.05) is 0 Å². The highest BCUT2D eigenvalue weighted by atomic mass is 16.4. The van der Waals surface area contributed by atoms with Crippen molar-refractivity contribution in [2.45, 2.75) is 210 Å². The molecule has 45 nitrogen and oxygen atoms in total. The van der Waals surface area contributed by atoms with Crippen molar-refractivity contribution in [3.8, 4) is 23.0 Å². The molecule has 14 amide bonds. The topological polar surface area (TPSA) is 744 Å². The summed E-state index contributed by atoms with van der Waals surface area (Å²) >= 11 is 0. The lowest BCUT2D eigenvalue weighted by Gasteiger charge is -2.29. The fourth-order valence-electron chi connectivity index (χ4n) is 12.7. The number of H-pyrrole nitrogens is 1. The first-order chi connectivity index (χ1) is 60.2. The molecule has 1 heterocycles. The lowest BCUT2D eigenvalue weighted by atomic mass is 9.99. The summed E-state index contributed by atoms with van der Waals surface area (Å²) in [5.41, 5.74) is 13.1. The predicted octanol–water partition coefficient (Wildman–Crippen LogP) is -3.61. The lowest BCUT2D eigenvalue weighted by Crippen LogP contribution is -2.62. The van der Waals surface area contributed by atoms with E-state index in [4.69, 9.17) is 11.5 Å². The van der Waals surface area contributed by atoms with Crippen molar-refractivity contribution in [2.24, 2.45) is 29.2 Å². The van der Waals surface area contributed by atoms with Gasteiger partial charge in [0.05, 0.1) is 43.9 Å². The van der Waals surface area contributed by atoms with Crippen molar-refractivity contribution in [1.82, 2.24) is 79.1 Å². The Morgan fingerprint density at radius 1 is 0.344 bits per heavy atom. The number of carboxylic acid groups (broad SMARTS) is 5. The molecule has 0 saturated carbocycles. The van der Waals surface area contributed by atoms with Crippen LogP contribution in [-0.4, -0.2) is 254 Å². The van der Waals surface area contributed by atoms with Crippen molar-refractivity contribution < 1.29 is 137 Å². The van der Waals surface area contributed by atoms with Crippen LogP contribution in [0.2, 0.25) is 0 Å². The van der Waals surface area contributed by atoms with Crippen molar-refractivity contribution in [2.75, 3.05) is 6.54 Å². The van der Waals surface area contributed by atoms with Gasteiger partial charge in [0, 0.05) is 51.1 Å². The van der Waals surface area contributed by atoms with E-state index in [1.165, 1.54) is 123 Å². The second kappa shape index (κ2) is 50.8. The number of benzene rings is 4. The van der Waals surface area contributed by atoms with Crippen LogP contribution in [0.15, 0.2) is 110 Å². The standard InChI is InChI=1S/C83H109N17O28/c1-40(2)27-55(92-71(115)52(84)33-47-37-86-39-88-47)75(119)90-54(24-26-67(109)110)74(118)94-57(29-43-7-15-48(101)16-8-43)72(116)87-38-65(106)89-60(34-64(85)105)78(122)96-59(31-45-11-19-50(103)20-12-45)81(125)100-70(42(5)6)82(126)98-62(36-69(113)114)79(123)95-58(30-44-9-17-49(102)18-10-44)77(121)91-53(23-25-66(107)108)73(117)93-56(28-41(3)4)76(120)97-61(35-68(111)112)80(124)99-63(83(127)128)32-46-13-21-51(104)22-14-46/h7-22,37,39-42,52-63,70,101-104H,23-36,38,84H2,1-6H3,(H2,85,105)(H,86,88)(H,87,116)(H,89,106)(H,90,119)(H,91,121)(H,92,115)(H,93,117)(H,94,118)(H,95,123)(H,96,122)(H,97,120)(H,98,126)(H,99,124)(H,100,125)(H,107,108)(H,109,110)(H,111,112)(H,113,114)(H,127,128)/t52-,53-,54-,55-,56-,57-,58-,59-,60-,61-,62-,63-,70-/m0/s1. The summed E-state index contributed by atoms with van der Waals surface area (Å²) in [7, 11) is 0. The van der Waals surface area contributed by atoms with E-state index in [-0.39, 0.29) is 65.7 Å². The fraction of sp³-hybridized carbons (Fsp3) is 0.446. The maximum Gasteiger partial charge on any atom is 0.326 e. The maximum atomic E-state index is 14.8. The summed E-state index contributed by atoms with van der Waals surface area (Å²) in [4.78, 5) is 266. The zero-order chi connectivity index (χ0) is 95.3. The fourth-order valence-corrected chi connectivity index (χ4v) is 12.7. The number of amides is 14. The summed E-state index contributed by atoms with van der Waals surface area (Å²) < 4.78 is 0. The van der Waals surface area contributed by atoms with Gasteiger partial charge in [-0.25, -0.2) is 9.78 Å². The lowest BCUT2D eigenvalue weighted by molar-refractivity contribution is -0.144. The molecule has 0 spiro atoms. The number of imidazole rings is 1.